The van der Waals surface area contributed by atoms with Crippen LogP contribution in [-0.4, -0.2) is 11.4 Å². The van der Waals surface area contributed by atoms with Gasteiger partial charge in [0.05, 0.1) is 5.56 Å². The lowest BCUT2D eigenvalue weighted by atomic mass is 10.0. The maximum Gasteiger partial charge on any atom is 0.209 e. The molecular formula is C19H21FO2. The summed E-state index contributed by atoms with van der Waals surface area (Å²) >= 11 is 0. The van der Waals surface area contributed by atoms with Gasteiger partial charge in [-0.1, -0.05) is 38.1 Å². The molecule has 0 saturated heterocycles. The summed E-state index contributed by atoms with van der Waals surface area (Å²) in [5, 5.41) is 0. The van der Waals surface area contributed by atoms with Crippen LogP contribution in [0.15, 0.2) is 48.5 Å². The van der Waals surface area contributed by atoms with Crippen LogP contribution < -0.4 is 4.74 Å². The largest absolute Gasteiger partial charge is 0.479 e. The zero-order valence-electron chi connectivity index (χ0n) is 13.2. The molecule has 22 heavy (non-hydrogen) atoms. The molecular weight excluding hydrogens is 279 g/mol. The van der Waals surface area contributed by atoms with Crippen molar-refractivity contribution in [2.75, 3.05) is 0 Å². The first-order valence-corrected chi connectivity index (χ1v) is 7.66. The molecule has 0 N–H and O–H groups in total. The summed E-state index contributed by atoms with van der Waals surface area (Å²) in [4.78, 5) is 12.5. The predicted octanol–water partition coefficient (Wildman–Crippen LogP) is 4.95. The van der Waals surface area contributed by atoms with Crippen molar-refractivity contribution in [1.29, 1.82) is 0 Å². The Balaban J connectivity index is 0.000000847. The van der Waals surface area contributed by atoms with Crippen LogP contribution in [0.3, 0.4) is 0 Å². The van der Waals surface area contributed by atoms with Crippen LogP contribution >= 0.6 is 0 Å². The van der Waals surface area contributed by atoms with Gasteiger partial charge < -0.3 is 4.74 Å². The molecule has 1 aliphatic carbocycles. The minimum atomic E-state index is -0.878. The van der Waals surface area contributed by atoms with Gasteiger partial charge in [0.2, 0.25) is 5.78 Å². The molecule has 0 spiro atoms. The second-order valence-electron chi connectivity index (χ2n) is 5.22. The number of halogens is 1. The van der Waals surface area contributed by atoms with Gasteiger partial charge in [-0.3, -0.25) is 4.79 Å². The Kier molecular flexibility index (Phi) is 4.96. The number of ether oxygens (including phenoxy) is 1. The highest BCUT2D eigenvalue weighted by Crippen LogP contribution is 2.43. The number of ketones is 1. The van der Waals surface area contributed by atoms with Crippen LogP contribution in [0.4, 0.5) is 4.39 Å². The molecule has 1 fully saturated rings. The number of Topliss-reactive ketones (excluding diaryl/α,β-unsaturated/α-hetero) is 1. The van der Waals surface area contributed by atoms with Gasteiger partial charge in [-0.2, -0.15) is 0 Å². The van der Waals surface area contributed by atoms with Crippen LogP contribution in [0, 0.1) is 12.7 Å². The third-order valence-corrected chi connectivity index (χ3v) is 3.54. The molecule has 1 aliphatic rings. The summed E-state index contributed by atoms with van der Waals surface area (Å²) in [5.74, 6) is -0.0948. The zero-order valence-corrected chi connectivity index (χ0v) is 13.2. The van der Waals surface area contributed by atoms with Crippen LogP contribution in [0.25, 0.3) is 0 Å². The van der Waals surface area contributed by atoms with Gasteiger partial charge in [-0.15, -0.1) is 0 Å². The van der Waals surface area contributed by atoms with E-state index in [1.165, 1.54) is 6.07 Å². The second-order valence-corrected chi connectivity index (χ2v) is 5.22. The summed E-state index contributed by atoms with van der Waals surface area (Å²) in [6.45, 7) is 5.80. The molecule has 0 radical (unpaired) electrons. The Hall–Kier alpha value is -2.16. The van der Waals surface area contributed by atoms with E-state index in [9.17, 15) is 9.18 Å². The first-order valence-electron chi connectivity index (χ1n) is 7.66. The third kappa shape index (κ3) is 3.35. The highest BCUT2D eigenvalue weighted by atomic mass is 19.1. The van der Waals surface area contributed by atoms with Crippen molar-refractivity contribution >= 4 is 5.78 Å². The quantitative estimate of drug-likeness (QED) is 0.746. The number of para-hydroxylation sites is 1. The van der Waals surface area contributed by atoms with Gasteiger partial charge in [0, 0.05) is 0 Å². The molecule has 2 nitrogen and oxygen atoms in total. The number of carbonyl (C=O) groups excluding carboxylic acids is 1. The summed E-state index contributed by atoms with van der Waals surface area (Å²) in [5.41, 5.74) is 0.0363. The Morgan fingerprint density at radius 3 is 2.27 bits per heavy atom. The third-order valence-electron chi connectivity index (χ3n) is 3.54. The van der Waals surface area contributed by atoms with E-state index in [4.69, 9.17) is 4.74 Å². The Morgan fingerprint density at radius 2 is 1.73 bits per heavy atom. The normalized spacial score (nSPS) is 14.5. The van der Waals surface area contributed by atoms with Gasteiger partial charge in [0.25, 0.3) is 0 Å². The van der Waals surface area contributed by atoms with Crippen molar-refractivity contribution in [3.8, 4) is 5.75 Å². The molecule has 3 heteroatoms. The van der Waals surface area contributed by atoms with E-state index in [2.05, 4.69) is 0 Å². The fraction of sp³-hybridized carbons (Fsp3) is 0.316. The van der Waals surface area contributed by atoms with Crippen molar-refractivity contribution in [3.63, 3.8) is 0 Å². The van der Waals surface area contributed by atoms with E-state index in [1.807, 2.05) is 32.0 Å². The fourth-order valence-electron chi connectivity index (χ4n) is 2.25. The maximum atomic E-state index is 13.9. The first kappa shape index (κ1) is 16.2. The minimum Gasteiger partial charge on any atom is -0.479 e. The van der Waals surface area contributed by atoms with E-state index in [0.717, 1.165) is 5.56 Å². The highest BCUT2D eigenvalue weighted by molar-refractivity contribution is 6.04. The minimum absolute atomic E-state index is 0.115. The van der Waals surface area contributed by atoms with Crippen LogP contribution in [0.2, 0.25) is 0 Å². The van der Waals surface area contributed by atoms with E-state index in [-0.39, 0.29) is 11.3 Å². The molecule has 0 unspecified atom stereocenters. The topological polar surface area (TPSA) is 26.3 Å². The van der Waals surface area contributed by atoms with E-state index in [0.29, 0.717) is 18.6 Å². The van der Waals surface area contributed by atoms with Gasteiger partial charge in [-0.25, -0.2) is 4.39 Å². The van der Waals surface area contributed by atoms with Crippen molar-refractivity contribution in [3.05, 3.63) is 65.5 Å². The van der Waals surface area contributed by atoms with E-state index < -0.39 is 11.4 Å². The lowest BCUT2D eigenvalue weighted by molar-refractivity contribution is 0.0741. The number of hydrogen-bond donors (Lipinski definition) is 0. The first-order chi connectivity index (χ1) is 10.6. The van der Waals surface area contributed by atoms with Gasteiger partial charge in [0.15, 0.2) is 5.60 Å². The van der Waals surface area contributed by atoms with Crippen molar-refractivity contribution in [1.82, 2.24) is 0 Å². The summed E-state index contributed by atoms with van der Waals surface area (Å²) in [6, 6.07) is 13.9. The highest BCUT2D eigenvalue weighted by Gasteiger charge is 2.53. The molecule has 0 atom stereocenters. The number of aryl methyl sites for hydroxylation is 1. The molecule has 0 aromatic heterocycles. The Labute approximate surface area is 130 Å². The molecule has 0 aliphatic heterocycles. The Morgan fingerprint density at radius 1 is 1.09 bits per heavy atom. The lowest BCUT2D eigenvalue weighted by Gasteiger charge is -2.17. The molecule has 0 bridgehead atoms. The summed E-state index contributed by atoms with van der Waals surface area (Å²) < 4.78 is 19.7. The van der Waals surface area contributed by atoms with Crippen LogP contribution in [0.5, 0.6) is 5.75 Å². The number of carbonyl (C=O) groups is 1. The molecule has 0 amide bonds. The van der Waals surface area contributed by atoms with Crippen LogP contribution in [-0.2, 0) is 0 Å². The number of hydrogen-bond acceptors (Lipinski definition) is 2. The predicted molar refractivity (Wildman–Crippen MR) is 85.9 cm³/mol. The lowest BCUT2D eigenvalue weighted by Crippen LogP contribution is -2.30. The monoisotopic (exact) mass is 300 g/mol. The summed E-state index contributed by atoms with van der Waals surface area (Å²) in [6.07, 6.45) is 1.27. The molecule has 3 rings (SSSR count). The van der Waals surface area contributed by atoms with Gasteiger partial charge in [-0.05, 0) is 49.6 Å². The molecule has 2 aromatic carbocycles. The smallest absolute Gasteiger partial charge is 0.209 e. The zero-order chi connectivity index (χ0) is 16.2. The van der Waals surface area contributed by atoms with Crippen molar-refractivity contribution < 1.29 is 13.9 Å². The molecule has 0 heterocycles. The second kappa shape index (κ2) is 6.73. The average Bonchev–Trinajstić information content (AvgIpc) is 3.30. The molecule has 116 valence electrons. The molecule has 2 aromatic rings. The fourth-order valence-corrected chi connectivity index (χ4v) is 2.25. The van der Waals surface area contributed by atoms with Gasteiger partial charge >= 0.3 is 0 Å². The number of rotatable bonds is 4. The SMILES string of the molecule is CC.Cc1ccc(C(=O)C2(Oc3ccccc3)CC2)c(F)c1. The van der Waals surface area contributed by atoms with Gasteiger partial charge in [0.1, 0.15) is 11.6 Å². The van der Waals surface area contributed by atoms with Crippen molar-refractivity contribution in [2.45, 2.75) is 39.2 Å². The standard InChI is InChI=1S/C17H15FO2.C2H6/c1-12-7-8-14(15(18)11-12)16(19)17(9-10-17)20-13-5-3-2-4-6-13;1-2/h2-8,11H,9-10H2,1H3;1-2H3. The van der Waals surface area contributed by atoms with Crippen molar-refractivity contribution in [2.24, 2.45) is 0 Å². The molecule has 1 saturated carbocycles. The summed E-state index contributed by atoms with van der Waals surface area (Å²) in [7, 11) is 0. The van der Waals surface area contributed by atoms with Crippen LogP contribution in [0.1, 0.15) is 42.6 Å². The number of benzene rings is 2. The average molecular weight is 300 g/mol. The maximum absolute atomic E-state index is 13.9. The van der Waals surface area contributed by atoms with E-state index >= 15 is 0 Å². The van der Waals surface area contributed by atoms with E-state index in [1.54, 1.807) is 31.2 Å². The Bertz CT molecular complexity index is 646.